The van der Waals surface area contributed by atoms with Gasteiger partial charge in [-0.2, -0.15) is 0 Å². The minimum atomic E-state index is -0.380. The lowest BCUT2D eigenvalue weighted by atomic mass is 10.3. The summed E-state index contributed by atoms with van der Waals surface area (Å²) in [5.74, 6) is -0.601. The molecule has 0 atom stereocenters. The van der Waals surface area contributed by atoms with E-state index in [4.69, 9.17) is 12.2 Å². The normalized spacial score (nSPS) is 16.0. The van der Waals surface area contributed by atoms with Crippen LogP contribution in [0.25, 0.3) is 6.08 Å². The number of carbonyl (C=O) groups is 2. The van der Waals surface area contributed by atoms with Gasteiger partial charge < -0.3 is 10.4 Å². The van der Waals surface area contributed by atoms with Crippen molar-refractivity contribution in [2.75, 3.05) is 11.9 Å². The SMILES string of the molecule is O=C(CN1C(=O)/C(=C\c2cccs2)SC1=S)Nc1cccc(O)c1. The summed E-state index contributed by atoms with van der Waals surface area (Å²) in [6.07, 6.45) is 1.77. The van der Waals surface area contributed by atoms with Crippen LogP contribution in [0.1, 0.15) is 4.88 Å². The molecule has 122 valence electrons. The van der Waals surface area contributed by atoms with Crippen LogP contribution in [-0.4, -0.2) is 32.7 Å². The number of thiophene rings is 1. The van der Waals surface area contributed by atoms with Crippen LogP contribution >= 0.6 is 35.3 Å². The fourth-order valence-electron chi connectivity index (χ4n) is 2.07. The van der Waals surface area contributed by atoms with Crippen molar-refractivity contribution in [1.82, 2.24) is 4.90 Å². The Hall–Kier alpha value is -2.16. The van der Waals surface area contributed by atoms with E-state index in [9.17, 15) is 14.7 Å². The van der Waals surface area contributed by atoms with E-state index in [1.54, 1.807) is 18.2 Å². The van der Waals surface area contributed by atoms with Crippen molar-refractivity contribution in [1.29, 1.82) is 0 Å². The molecule has 2 heterocycles. The molecule has 0 spiro atoms. The Labute approximate surface area is 152 Å². The number of thiocarbonyl (C=S) groups is 1. The van der Waals surface area contributed by atoms with Gasteiger partial charge in [0.2, 0.25) is 5.91 Å². The van der Waals surface area contributed by atoms with Gasteiger partial charge in [-0.05, 0) is 29.7 Å². The Morgan fingerprint density at radius 1 is 1.33 bits per heavy atom. The largest absolute Gasteiger partial charge is 0.508 e. The molecule has 2 N–H and O–H groups in total. The number of hydrogen-bond acceptors (Lipinski definition) is 6. The van der Waals surface area contributed by atoms with E-state index in [-0.39, 0.29) is 24.1 Å². The second-order valence-corrected chi connectivity index (χ2v) is 7.54. The monoisotopic (exact) mass is 376 g/mol. The first-order valence-electron chi connectivity index (χ1n) is 6.91. The Morgan fingerprint density at radius 2 is 2.17 bits per heavy atom. The summed E-state index contributed by atoms with van der Waals surface area (Å²) >= 11 is 7.92. The molecule has 1 aromatic carbocycles. The maximum atomic E-state index is 12.4. The van der Waals surface area contributed by atoms with Crippen LogP contribution in [0.2, 0.25) is 0 Å². The lowest BCUT2D eigenvalue weighted by Gasteiger charge is -2.14. The van der Waals surface area contributed by atoms with Crippen LogP contribution in [0.15, 0.2) is 46.7 Å². The molecule has 0 unspecified atom stereocenters. The smallest absolute Gasteiger partial charge is 0.266 e. The molecule has 1 aromatic heterocycles. The molecule has 0 aliphatic carbocycles. The van der Waals surface area contributed by atoms with Gasteiger partial charge >= 0.3 is 0 Å². The van der Waals surface area contributed by atoms with Crippen LogP contribution < -0.4 is 5.32 Å². The number of nitrogens with one attached hydrogen (secondary N) is 1. The Kier molecular flexibility index (Phi) is 4.98. The lowest BCUT2D eigenvalue weighted by Crippen LogP contribution is -2.36. The van der Waals surface area contributed by atoms with Gasteiger partial charge in [0.1, 0.15) is 16.6 Å². The van der Waals surface area contributed by atoms with Crippen molar-refractivity contribution in [2.24, 2.45) is 0 Å². The number of carbonyl (C=O) groups excluding carboxylic acids is 2. The van der Waals surface area contributed by atoms with Crippen molar-refractivity contribution >= 4 is 63.2 Å². The van der Waals surface area contributed by atoms with Gasteiger partial charge in [0.25, 0.3) is 5.91 Å². The van der Waals surface area contributed by atoms with E-state index in [1.807, 2.05) is 17.5 Å². The summed E-state index contributed by atoms with van der Waals surface area (Å²) in [6.45, 7) is -0.165. The highest BCUT2D eigenvalue weighted by molar-refractivity contribution is 8.26. The van der Waals surface area contributed by atoms with Crippen LogP contribution in [-0.2, 0) is 9.59 Å². The van der Waals surface area contributed by atoms with Gasteiger partial charge in [-0.3, -0.25) is 14.5 Å². The van der Waals surface area contributed by atoms with Gasteiger partial charge in [-0.1, -0.05) is 36.1 Å². The number of thioether (sulfide) groups is 1. The second-order valence-electron chi connectivity index (χ2n) is 4.88. The molecule has 1 fully saturated rings. The first kappa shape index (κ1) is 16.7. The quantitative estimate of drug-likeness (QED) is 0.633. The molecule has 1 aliphatic rings. The molecule has 2 amide bonds. The maximum Gasteiger partial charge on any atom is 0.266 e. The highest BCUT2D eigenvalue weighted by atomic mass is 32.2. The fourth-order valence-corrected chi connectivity index (χ4v) is 4.04. The van der Waals surface area contributed by atoms with Crippen LogP contribution in [0, 0.1) is 0 Å². The molecule has 0 saturated carbocycles. The van der Waals surface area contributed by atoms with E-state index in [0.717, 1.165) is 4.88 Å². The number of benzene rings is 1. The Balaban J connectivity index is 1.67. The van der Waals surface area contributed by atoms with Crippen LogP contribution in [0.3, 0.4) is 0 Å². The van der Waals surface area contributed by atoms with Crippen molar-refractivity contribution in [3.8, 4) is 5.75 Å². The molecule has 2 aromatic rings. The summed E-state index contributed by atoms with van der Waals surface area (Å²) < 4.78 is 0.355. The van der Waals surface area contributed by atoms with E-state index >= 15 is 0 Å². The molecule has 0 bridgehead atoms. The topological polar surface area (TPSA) is 69.6 Å². The van der Waals surface area contributed by atoms with Crippen molar-refractivity contribution in [3.05, 3.63) is 51.6 Å². The summed E-state index contributed by atoms with van der Waals surface area (Å²) in [6, 6.07) is 10.0. The summed E-state index contributed by atoms with van der Waals surface area (Å²) in [5, 5.41) is 14.0. The number of amides is 2. The van der Waals surface area contributed by atoms with Gasteiger partial charge in [-0.25, -0.2) is 0 Å². The van der Waals surface area contributed by atoms with E-state index in [0.29, 0.717) is 14.9 Å². The average Bonchev–Trinajstić information content (AvgIpc) is 3.12. The number of phenolic OH excluding ortho intramolecular Hbond substituents is 1. The molecular weight excluding hydrogens is 364 g/mol. The van der Waals surface area contributed by atoms with Crippen molar-refractivity contribution in [3.63, 3.8) is 0 Å². The third-order valence-corrected chi connectivity index (χ3v) is 5.32. The predicted octanol–water partition coefficient (Wildman–Crippen LogP) is 3.29. The average molecular weight is 376 g/mol. The fraction of sp³-hybridized carbons (Fsp3) is 0.0625. The highest BCUT2D eigenvalue weighted by Gasteiger charge is 2.33. The molecule has 1 saturated heterocycles. The van der Waals surface area contributed by atoms with E-state index in [1.165, 1.54) is 40.1 Å². The zero-order valence-electron chi connectivity index (χ0n) is 12.3. The van der Waals surface area contributed by atoms with Crippen molar-refractivity contribution in [2.45, 2.75) is 0 Å². The van der Waals surface area contributed by atoms with Crippen LogP contribution in [0.5, 0.6) is 5.75 Å². The minimum absolute atomic E-state index is 0.0530. The number of phenols is 1. The number of aromatic hydroxyl groups is 1. The molecule has 3 rings (SSSR count). The molecular formula is C16H12N2O3S3. The number of hydrogen-bond donors (Lipinski definition) is 2. The zero-order valence-corrected chi connectivity index (χ0v) is 14.7. The van der Waals surface area contributed by atoms with Crippen LogP contribution in [0.4, 0.5) is 5.69 Å². The lowest BCUT2D eigenvalue weighted by molar-refractivity contribution is -0.126. The number of nitrogens with zero attached hydrogens (tertiary/aromatic N) is 1. The van der Waals surface area contributed by atoms with E-state index < -0.39 is 0 Å². The molecule has 5 nitrogen and oxygen atoms in total. The van der Waals surface area contributed by atoms with Gasteiger partial charge in [0, 0.05) is 16.6 Å². The summed E-state index contributed by atoms with van der Waals surface area (Å²) in [5.41, 5.74) is 0.458. The van der Waals surface area contributed by atoms with Gasteiger partial charge in [-0.15, -0.1) is 11.3 Å². The first-order chi connectivity index (χ1) is 11.5. The highest BCUT2D eigenvalue weighted by Crippen LogP contribution is 2.33. The number of rotatable bonds is 4. The zero-order chi connectivity index (χ0) is 17.1. The predicted molar refractivity (Wildman–Crippen MR) is 101 cm³/mol. The summed E-state index contributed by atoms with van der Waals surface area (Å²) in [4.78, 5) is 27.3. The van der Waals surface area contributed by atoms with E-state index in [2.05, 4.69) is 5.32 Å². The third-order valence-electron chi connectivity index (χ3n) is 3.12. The number of anilines is 1. The third kappa shape index (κ3) is 3.84. The second kappa shape index (κ2) is 7.16. The van der Waals surface area contributed by atoms with Crippen molar-refractivity contribution < 1.29 is 14.7 Å². The Morgan fingerprint density at radius 3 is 2.88 bits per heavy atom. The first-order valence-corrected chi connectivity index (χ1v) is 9.01. The maximum absolute atomic E-state index is 12.4. The minimum Gasteiger partial charge on any atom is -0.508 e. The molecule has 1 aliphatic heterocycles. The molecule has 24 heavy (non-hydrogen) atoms. The van der Waals surface area contributed by atoms with Gasteiger partial charge in [0.05, 0.1) is 4.91 Å². The molecule has 8 heteroatoms. The van der Waals surface area contributed by atoms with Gasteiger partial charge in [0.15, 0.2) is 0 Å². The standard InChI is InChI=1S/C16H12N2O3S3/c19-11-4-1-3-10(7-11)17-14(20)9-18-15(21)13(24-16(18)22)8-12-5-2-6-23-12/h1-8,19H,9H2,(H,17,20)/b13-8+. The summed E-state index contributed by atoms with van der Waals surface area (Å²) in [7, 11) is 0. The molecule has 0 radical (unpaired) electrons. The Bertz CT molecular complexity index is 831.